The molecular weight excluding hydrogens is 262 g/mol. The zero-order valence-electron chi connectivity index (χ0n) is 11.5. The van der Waals surface area contributed by atoms with Gasteiger partial charge in [0.25, 0.3) is 0 Å². The van der Waals surface area contributed by atoms with Gasteiger partial charge in [-0.05, 0) is 52.6 Å². The average Bonchev–Trinajstić information content (AvgIpc) is 3.16. The highest BCUT2D eigenvalue weighted by atomic mass is 15.5. The van der Waals surface area contributed by atoms with E-state index in [0.29, 0.717) is 6.04 Å². The molecular formula is C16H15N5. The van der Waals surface area contributed by atoms with Crippen molar-refractivity contribution in [3.8, 4) is 5.69 Å². The second-order valence-electron chi connectivity index (χ2n) is 5.32. The van der Waals surface area contributed by atoms with Crippen LogP contribution in [0.25, 0.3) is 5.69 Å². The molecule has 1 aliphatic carbocycles. The molecule has 0 atom stereocenters. The van der Waals surface area contributed by atoms with Crippen LogP contribution < -0.4 is 5.32 Å². The topological polar surface area (TPSA) is 55.6 Å². The van der Waals surface area contributed by atoms with Gasteiger partial charge in [0.15, 0.2) is 0 Å². The fourth-order valence-corrected chi connectivity index (χ4v) is 2.91. The van der Waals surface area contributed by atoms with E-state index in [-0.39, 0.29) is 0 Å². The molecule has 4 rings (SSSR count). The van der Waals surface area contributed by atoms with Crippen molar-refractivity contribution in [2.75, 3.05) is 5.32 Å². The summed E-state index contributed by atoms with van der Waals surface area (Å²) in [6.45, 7) is 0. The van der Waals surface area contributed by atoms with E-state index >= 15 is 0 Å². The minimum atomic E-state index is 0.450. The first-order valence-electron chi connectivity index (χ1n) is 7.05. The normalized spacial score (nSPS) is 14.1. The first-order valence-corrected chi connectivity index (χ1v) is 7.05. The van der Waals surface area contributed by atoms with Gasteiger partial charge in [-0.3, -0.25) is 0 Å². The first kappa shape index (κ1) is 12.1. The molecule has 0 unspecified atom stereocenters. The van der Waals surface area contributed by atoms with E-state index in [1.165, 1.54) is 11.1 Å². The monoisotopic (exact) mass is 277 g/mol. The first-order chi connectivity index (χ1) is 10.4. The Labute approximate surface area is 122 Å². The van der Waals surface area contributed by atoms with Gasteiger partial charge in [0.2, 0.25) is 0 Å². The minimum Gasteiger partial charge on any atom is -0.382 e. The molecule has 1 aliphatic rings. The summed E-state index contributed by atoms with van der Waals surface area (Å²) in [5.41, 5.74) is 4.96. The molecule has 0 radical (unpaired) electrons. The smallest absolute Gasteiger partial charge is 0.143 e. The zero-order chi connectivity index (χ0) is 14.1. The van der Waals surface area contributed by atoms with E-state index in [9.17, 15) is 0 Å². The maximum Gasteiger partial charge on any atom is 0.143 e. The number of benzene rings is 2. The molecule has 1 aromatic heterocycles. The van der Waals surface area contributed by atoms with E-state index < -0.39 is 0 Å². The van der Waals surface area contributed by atoms with Crippen molar-refractivity contribution in [1.29, 1.82) is 0 Å². The Balaban J connectivity index is 1.53. The number of tetrazole rings is 1. The van der Waals surface area contributed by atoms with Crippen molar-refractivity contribution in [3.05, 3.63) is 66.0 Å². The molecule has 3 aromatic rings. The number of hydrogen-bond acceptors (Lipinski definition) is 4. The number of hydrogen-bond donors (Lipinski definition) is 1. The number of aromatic nitrogens is 4. The van der Waals surface area contributed by atoms with Gasteiger partial charge in [-0.2, -0.15) is 0 Å². The SMILES string of the molecule is c1cc(NC2Cc3ccccc3C2)cc(-n2cnnn2)c1. The standard InChI is InChI=1S/C16H15N5/c1-2-5-13-9-15(8-12(13)4-1)18-14-6-3-7-16(10-14)21-11-17-19-20-21/h1-7,10-11,15,18H,8-9H2. The van der Waals surface area contributed by atoms with Crippen LogP contribution in [-0.4, -0.2) is 26.2 Å². The summed E-state index contributed by atoms with van der Waals surface area (Å²) in [7, 11) is 0. The van der Waals surface area contributed by atoms with Gasteiger partial charge in [-0.1, -0.05) is 30.3 Å². The molecule has 0 saturated heterocycles. The highest BCUT2D eigenvalue weighted by molar-refractivity contribution is 5.52. The van der Waals surface area contributed by atoms with Gasteiger partial charge in [-0.15, -0.1) is 5.10 Å². The fraction of sp³-hybridized carbons (Fsp3) is 0.188. The summed E-state index contributed by atoms with van der Waals surface area (Å²) < 4.78 is 1.66. The Morgan fingerprint density at radius 1 is 1.00 bits per heavy atom. The maximum absolute atomic E-state index is 3.92. The van der Waals surface area contributed by atoms with E-state index in [1.54, 1.807) is 11.0 Å². The van der Waals surface area contributed by atoms with Gasteiger partial charge in [-0.25, -0.2) is 4.68 Å². The van der Waals surface area contributed by atoms with Crippen LogP contribution in [0.5, 0.6) is 0 Å². The lowest BCUT2D eigenvalue weighted by Crippen LogP contribution is -2.19. The molecule has 2 aromatic carbocycles. The molecule has 0 amide bonds. The molecule has 0 spiro atoms. The minimum absolute atomic E-state index is 0.450. The van der Waals surface area contributed by atoms with Crippen molar-refractivity contribution < 1.29 is 0 Å². The molecule has 0 saturated carbocycles. The predicted octanol–water partition coefficient (Wildman–Crippen LogP) is 2.24. The average molecular weight is 277 g/mol. The number of fused-ring (bicyclic) bond motifs is 1. The van der Waals surface area contributed by atoms with Crippen LogP contribution >= 0.6 is 0 Å². The molecule has 1 N–H and O–H groups in total. The number of rotatable bonds is 3. The van der Waals surface area contributed by atoms with Crippen LogP contribution in [0.2, 0.25) is 0 Å². The lowest BCUT2D eigenvalue weighted by molar-refractivity contribution is 0.771. The van der Waals surface area contributed by atoms with Gasteiger partial charge in [0.05, 0.1) is 5.69 Å². The third-order valence-corrected chi connectivity index (χ3v) is 3.88. The van der Waals surface area contributed by atoms with Gasteiger partial charge in [0.1, 0.15) is 6.33 Å². The molecule has 104 valence electrons. The summed E-state index contributed by atoms with van der Waals surface area (Å²) in [4.78, 5) is 0. The Morgan fingerprint density at radius 2 is 1.81 bits per heavy atom. The summed E-state index contributed by atoms with van der Waals surface area (Å²) in [6.07, 6.45) is 3.75. The lowest BCUT2D eigenvalue weighted by atomic mass is 10.1. The van der Waals surface area contributed by atoms with Crippen molar-refractivity contribution in [1.82, 2.24) is 20.2 Å². The van der Waals surface area contributed by atoms with Crippen molar-refractivity contribution in [2.24, 2.45) is 0 Å². The second-order valence-corrected chi connectivity index (χ2v) is 5.32. The summed E-state index contributed by atoms with van der Waals surface area (Å²) in [5.74, 6) is 0. The molecule has 21 heavy (non-hydrogen) atoms. The summed E-state index contributed by atoms with van der Waals surface area (Å²) >= 11 is 0. The summed E-state index contributed by atoms with van der Waals surface area (Å²) in [5, 5.41) is 14.9. The van der Waals surface area contributed by atoms with Gasteiger partial charge < -0.3 is 5.32 Å². The van der Waals surface area contributed by atoms with Crippen molar-refractivity contribution in [3.63, 3.8) is 0 Å². The Kier molecular flexibility index (Phi) is 2.88. The number of nitrogens with one attached hydrogen (secondary N) is 1. The Morgan fingerprint density at radius 3 is 2.52 bits per heavy atom. The van der Waals surface area contributed by atoms with Crippen LogP contribution in [0.1, 0.15) is 11.1 Å². The quantitative estimate of drug-likeness (QED) is 0.797. The van der Waals surface area contributed by atoms with Gasteiger partial charge >= 0.3 is 0 Å². The molecule has 0 aliphatic heterocycles. The van der Waals surface area contributed by atoms with Crippen LogP contribution in [0, 0.1) is 0 Å². The largest absolute Gasteiger partial charge is 0.382 e. The molecule has 5 heteroatoms. The van der Waals surface area contributed by atoms with E-state index in [0.717, 1.165) is 24.2 Å². The fourth-order valence-electron chi connectivity index (χ4n) is 2.91. The highest BCUT2D eigenvalue weighted by Gasteiger charge is 2.20. The van der Waals surface area contributed by atoms with E-state index in [1.807, 2.05) is 12.1 Å². The maximum atomic E-state index is 3.92. The van der Waals surface area contributed by atoms with Gasteiger partial charge in [0, 0.05) is 11.7 Å². The van der Waals surface area contributed by atoms with Crippen molar-refractivity contribution >= 4 is 5.69 Å². The van der Waals surface area contributed by atoms with Crippen LogP contribution in [-0.2, 0) is 12.8 Å². The Hall–Kier alpha value is -2.69. The van der Waals surface area contributed by atoms with E-state index in [4.69, 9.17) is 0 Å². The third-order valence-electron chi connectivity index (χ3n) is 3.88. The molecule has 0 bridgehead atoms. The highest BCUT2D eigenvalue weighted by Crippen LogP contribution is 2.25. The number of nitrogens with zero attached hydrogens (tertiary/aromatic N) is 4. The number of anilines is 1. The zero-order valence-corrected chi connectivity index (χ0v) is 11.5. The van der Waals surface area contributed by atoms with Crippen LogP contribution in [0.3, 0.4) is 0 Å². The lowest BCUT2D eigenvalue weighted by Gasteiger charge is -2.14. The van der Waals surface area contributed by atoms with Crippen molar-refractivity contribution in [2.45, 2.75) is 18.9 Å². The molecule has 0 fully saturated rings. The Bertz CT molecular complexity index is 726. The predicted molar refractivity (Wildman–Crippen MR) is 80.4 cm³/mol. The van der Waals surface area contributed by atoms with Crippen LogP contribution in [0.15, 0.2) is 54.9 Å². The second kappa shape index (κ2) is 5.01. The molecule has 1 heterocycles. The summed E-state index contributed by atoms with van der Waals surface area (Å²) in [6, 6.07) is 17.3. The molecule has 5 nitrogen and oxygen atoms in total. The van der Waals surface area contributed by atoms with Crippen LogP contribution in [0.4, 0.5) is 5.69 Å². The van der Waals surface area contributed by atoms with E-state index in [2.05, 4.69) is 57.2 Å². The third kappa shape index (κ3) is 2.38.